The molecular formula is C13H24N2O3S. The summed E-state index contributed by atoms with van der Waals surface area (Å²) in [5.74, 6) is 0.354. The first-order valence-corrected chi connectivity index (χ1v) is 7.48. The Morgan fingerprint density at radius 3 is 2.47 bits per heavy atom. The molecule has 5 nitrogen and oxygen atoms in total. The van der Waals surface area contributed by atoms with Gasteiger partial charge in [0.2, 0.25) is 5.91 Å². The lowest BCUT2D eigenvalue weighted by atomic mass is 10.0. The van der Waals surface area contributed by atoms with Gasteiger partial charge in [-0.3, -0.25) is 9.69 Å². The van der Waals surface area contributed by atoms with E-state index in [0.717, 1.165) is 0 Å². The molecule has 0 aliphatic carbocycles. The van der Waals surface area contributed by atoms with E-state index in [0.29, 0.717) is 12.4 Å². The van der Waals surface area contributed by atoms with E-state index < -0.39 is 17.7 Å². The lowest BCUT2D eigenvalue weighted by molar-refractivity contribution is -0.126. The van der Waals surface area contributed by atoms with Crippen molar-refractivity contribution in [3.8, 4) is 0 Å². The molecule has 1 atom stereocenters. The lowest BCUT2D eigenvalue weighted by Crippen LogP contribution is -2.54. The molecule has 0 aromatic carbocycles. The molecule has 1 aliphatic rings. The van der Waals surface area contributed by atoms with Crippen molar-refractivity contribution >= 4 is 23.8 Å². The Morgan fingerprint density at radius 2 is 2.00 bits per heavy atom. The zero-order chi connectivity index (χ0) is 14.8. The third-order valence-corrected chi connectivity index (χ3v) is 4.15. The fraction of sp³-hybridized carbons (Fsp3) is 0.846. The fourth-order valence-electron chi connectivity index (χ4n) is 1.97. The van der Waals surface area contributed by atoms with E-state index >= 15 is 0 Å². The summed E-state index contributed by atoms with van der Waals surface area (Å²) in [6, 6.07) is -0.493. The molecule has 0 spiro atoms. The van der Waals surface area contributed by atoms with Crippen molar-refractivity contribution in [1.29, 1.82) is 0 Å². The Hall–Kier alpha value is -0.910. The second-order valence-corrected chi connectivity index (χ2v) is 7.72. The summed E-state index contributed by atoms with van der Waals surface area (Å²) in [4.78, 5) is 25.9. The highest BCUT2D eigenvalue weighted by Crippen LogP contribution is 2.39. The highest BCUT2D eigenvalue weighted by Gasteiger charge is 2.48. The maximum atomic E-state index is 12.2. The van der Waals surface area contributed by atoms with Crippen LogP contribution in [0.1, 0.15) is 41.5 Å². The number of carbonyl (C=O) groups is 2. The molecule has 0 bridgehead atoms. The number of hydrogen-bond donors (Lipinski definition) is 1. The molecule has 1 rings (SSSR count). The van der Waals surface area contributed by atoms with Crippen molar-refractivity contribution in [3.05, 3.63) is 0 Å². The summed E-state index contributed by atoms with van der Waals surface area (Å²) < 4.78 is 5.06. The maximum Gasteiger partial charge on any atom is 0.411 e. The number of nitrogens with one attached hydrogen (secondary N) is 1. The fourth-order valence-corrected chi connectivity index (χ4v) is 3.09. The predicted molar refractivity (Wildman–Crippen MR) is 77.1 cm³/mol. The lowest BCUT2D eigenvalue weighted by Gasteiger charge is -2.31. The maximum absolute atomic E-state index is 12.2. The zero-order valence-electron chi connectivity index (χ0n) is 12.6. The molecule has 6 heteroatoms. The van der Waals surface area contributed by atoms with Crippen LogP contribution in [0.5, 0.6) is 0 Å². The molecular weight excluding hydrogens is 264 g/mol. The molecule has 0 saturated carbocycles. The van der Waals surface area contributed by atoms with Gasteiger partial charge in [0.25, 0.3) is 0 Å². The summed E-state index contributed by atoms with van der Waals surface area (Å²) in [5, 5.41) is 2.79. The monoisotopic (exact) mass is 288 g/mol. The van der Waals surface area contributed by atoms with Crippen LogP contribution in [0.4, 0.5) is 4.79 Å². The third kappa shape index (κ3) is 4.03. The van der Waals surface area contributed by atoms with Crippen molar-refractivity contribution in [1.82, 2.24) is 10.2 Å². The average Bonchev–Trinajstić information content (AvgIpc) is 2.51. The number of carbonyl (C=O) groups excluding carboxylic acids is 2. The van der Waals surface area contributed by atoms with E-state index in [2.05, 4.69) is 5.32 Å². The van der Waals surface area contributed by atoms with Gasteiger partial charge in [-0.2, -0.15) is 0 Å². The standard InChI is InChI=1S/C13H24N2O3S/c1-7-14-10(16)9-13(5,6)19-8-15(9)11(17)18-12(2,3)4/h9H,7-8H2,1-6H3,(H,14,16)/t9-/m1/s1. The van der Waals surface area contributed by atoms with Crippen LogP contribution in [0, 0.1) is 0 Å². The van der Waals surface area contributed by atoms with Gasteiger partial charge in [0.1, 0.15) is 11.6 Å². The summed E-state index contributed by atoms with van der Waals surface area (Å²) in [6.07, 6.45) is -0.429. The van der Waals surface area contributed by atoms with Crippen LogP contribution in [0.2, 0.25) is 0 Å². The Bertz CT molecular complexity index is 363. The highest BCUT2D eigenvalue weighted by atomic mass is 32.2. The molecule has 0 radical (unpaired) electrons. The summed E-state index contributed by atoms with van der Waals surface area (Å²) in [7, 11) is 0. The summed E-state index contributed by atoms with van der Waals surface area (Å²) >= 11 is 1.59. The van der Waals surface area contributed by atoms with E-state index in [9.17, 15) is 9.59 Å². The van der Waals surface area contributed by atoms with Gasteiger partial charge >= 0.3 is 6.09 Å². The van der Waals surface area contributed by atoms with E-state index in [1.54, 1.807) is 11.8 Å². The van der Waals surface area contributed by atoms with E-state index in [-0.39, 0.29) is 10.7 Å². The zero-order valence-corrected chi connectivity index (χ0v) is 13.4. The minimum atomic E-state index is -0.555. The molecule has 0 unspecified atom stereocenters. The normalized spacial score (nSPS) is 22.2. The number of likely N-dealkylation sites (N-methyl/N-ethyl adjacent to an activating group) is 1. The molecule has 1 saturated heterocycles. The highest BCUT2D eigenvalue weighted by molar-refractivity contribution is 8.00. The minimum absolute atomic E-state index is 0.122. The van der Waals surface area contributed by atoms with Gasteiger partial charge in [-0.15, -0.1) is 11.8 Å². The van der Waals surface area contributed by atoms with Gasteiger partial charge in [-0.05, 0) is 41.5 Å². The second-order valence-electron chi connectivity index (χ2n) is 6.12. The van der Waals surface area contributed by atoms with Crippen molar-refractivity contribution in [2.45, 2.75) is 57.9 Å². The van der Waals surface area contributed by atoms with Crippen molar-refractivity contribution in [2.75, 3.05) is 12.4 Å². The van der Waals surface area contributed by atoms with Gasteiger partial charge in [0.15, 0.2) is 0 Å². The smallest absolute Gasteiger partial charge is 0.411 e. The molecule has 2 amide bonds. The van der Waals surface area contributed by atoms with Crippen LogP contribution in [-0.4, -0.2) is 45.7 Å². The largest absolute Gasteiger partial charge is 0.444 e. The van der Waals surface area contributed by atoms with Crippen LogP contribution in [0.15, 0.2) is 0 Å². The number of rotatable bonds is 2. The van der Waals surface area contributed by atoms with Crippen LogP contribution in [-0.2, 0) is 9.53 Å². The number of nitrogens with zero attached hydrogens (tertiary/aromatic N) is 1. The number of ether oxygens (including phenoxy) is 1. The molecule has 0 aromatic heterocycles. The minimum Gasteiger partial charge on any atom is -0.444 e. The Kier molecular flexibility index (Phi) is 4.76. The van der Waals surface area contributed by atoms with Crippen molar-refractivity contribution < 1.29 is 14.3 Å². The Labute approximate surface area is 119 Å². The van der Waals surface area contributed by atoms with Crippen LogP contribution in [0.25, 0.3) is 0 Å². The van der Waals surface area contributed by atoms with Crippen molar-refractivity contribution in [2.24, 2.45) is 0 Å². The quantitative estimate of drug-likeness (QED) is 0.846. The van der Waals surface area contributed by atoms with Crippen molar-refractivity contribution in [3.63, 3.8) is 0 Å². The molecule has 19 heavy (non-hydrogen) atoms. The number of hydrogen-bond acceptors (Lipinski definition) is 4. The van der Waals surface area contributed by atoms with E-state index in [4.69, 9.17) is 4.74 Å². The van der Waals surface area contributed by atoms with Gasteiger partial charge in [0.05, 0.1) is 5.88 Å². The van der Waals surface area contributed by atoms with Crippen LogP contribution < -0.4 is 5.32 Å². The summed E-state index contributed by atoms with van der Waals surface area (Å²) in [6.45, 7) is 11.8. The molecule has 1 N–H and O–H groups in total. The van der Waals surface area contributed by atoms with Gasteiger partial charge < -0.3 is 10.1 Å². The second kappa shape index (κ2) is 5.61. The molecule has 0 aromatic rings. The van der Waals surface area contributed by atoms with Crippen LogP contribution >= 0.6 is 11.8 Å². The van der Waals surface area contributed by atoms with Crippen LogP contribution in [0.3, 0.4) is 0 Å². The van der Waals surface area contributed by atoms with E-state index in [1.807, 2.05) is 41.5 Å². The predicted octanol–water partition coefficient (Wildman–Crippen LogP) is 2.21. The first kappa shape index (κ1) is 16.1. The third-order valence-electron chi connectivity index (χ3n) is 2.77. The molecule has 1 heterocycles. The SMILES string of the molecule is CCNC(=O)[C@H]1N(C(=O)OC(C)(C)C)CSC1(C)C. The molecule has 1 fully saturated rings. The molecule has 1 aliphatic heterocycles. The molecule has 110 valence electrons. The number of thioether (sulfide) groups is 1. The number of amides is 2. The first-order chi connectivity index (χ1) is 8.58. The van der Waals surface area contributed by atoms with Gasteiger partial charge in [-0.1, -0.05) is 0 Å². The topological polar surface area (TPSA) is 58.6 Å². The Balaban J connectivity index is 2.88. The summed E-state index contributed by atoms with van der Waals surface area (Å²) in [5.41, 5.74) is -0.555. The van der Waals surface area contributed by atoms with Gasteiger partial charge in [0, 0.05) is 11.3 Å². The van der Waals surface area contributed by atoms with Gasteiger partial charge in [-0.25, -0.2) is 4.79 Å². The Morgan fingerprint density at radius 1 is 1.42 bits per heavy atom. The first-order valence-electron chi connectivity index (χ1n) is 6.50. The average molecular weight is 288 g/mol. The van der Waals surface area contributed by atoms with E-state index in [1.165, 1.54) is 4.90 Å².